The number of carboxylic acids is 1. The second-order valence-corrected chi connectivity index (χ2v) is 4.65. The Morgan fingerprint density at radius 2 is 1.86 bits per heavy atom. The molecule has 0 unspecified atom stereocenters. The highest BCUT2D eigenvalue weighted by atomic mass is 16.5. The zero-order valence-electron chi connectivity index (χ0n) is 11.8. The predicted octanol–water partition coefficient (Wildman–Crippen LogP) is 0.0684. The van der Waals surface area contributed by atoms with Crippen LogP contribution in [0.2, 0.25) is 0 Å². The van der Waals surface area contributed by atoms with Crippen LogP contribution in [0.3, 0.4) is 0 Å². The molecule has 1 rings (SSSR count). The molecule has 1 aromatic rings. The van der Waals surface area contributed by atoms with Crippen LogP contribution in [-0.4, -0.2) is 41.6 Å². The fraction of sp³-hybridized carbons (Fsp3) is 0.357. The molecule has 114 valence electrons. The summed E-state index contributed by atoms with van der Waals surface area (Å²) < 4.78 is 4.90. The quantitative estimate of drug-likeness (QED) is 0.639. The standard InChI is InChI=1S/C14H18N2O5/c1-8-3-5-10(6-4-8)14(20)21-7-11(13(18)19)16-12(17)9(2)15/h3-6,9,11H,7,15H2,1-2H3,(H,16,17)(H,18,19)/t9-,11+/m1/s1. The van der Waals surface area contributed by atoms with Crippen LogP contribution in [0.25, 0.3) is 0 Å². The summed E-state index contributed by atoms with van der Waals surface area (Å²) in [4.78, 5) is 34.1. The van der Waals surface area contributed by atoms with Gasteiger partial charge in [0.2, 0.25) is 5.91 Å². The third kappa shape index (κ3) is 5.23. The van der Waals surface area contributed by atoms with E-state index >= 15 is 0 Å². The van der Waals surface area contributed by atoms with Crippen LogP contribution >= 0.6 is 0 Å². The van der Waals surface area contributed by atoms with E-state index in [0.717, 1.165) is 5.56 Å². The van der Waals surface area contributed by atoms with Gasteiger partial charge in [-0.05, 0) is 26.0 Å². The first-order valence-electron chi connectivity index (χ1n) is 6.34. The monoisotopic (exact) mass is 294 g/mol. The summed E-state index contributed by atoms with van der Waals surface area (Å²) in [6, 6.07) is 4.45. The minimum absolute atomic E-state index is 0.309. The lowest BCUT2D eigenvalue weighted by atomic mass is 10.1. The molecule has 2 atom stereocenters. The summed E-state index contributed by atoms with van der Waals surface area (Å²) in [5, 5.41) is 11.2. The van der Waals surface area contributed by atoms with Crippen LogP contribution in [0.15, 0.2) is 24.3 Å². The molecule has 0 heterocycles. The van der Waals surface area contributed by atoms with Gasteiger partial charge >= 0.3 is 11.9 Å². The first-order chi connectivity index (χ1) is 9.81. The first-order valence-corrected chi connectivity index (χ1v) is 6.34. The number of aliphatic carboxylic acids is 1. The average Bonchev–Trinajstić information content (AvgIpc) is 2.43. The number of hydrogen-bond acceptors (Lipinski definition) is 5. The normalized spacial score (nSPS) is 13.1. The molecule has 0 aliphatic heterocycles. The molecule has 0 spiro atoms. The van der Waals surface area contributed by atoms with Crippen molar-refractivity contribution in [2.24, 2.45) is 5.73 Å². The molecular weight excluding hydrogens is 276 g/mol. The van der Waals surface area contributed by atoms with Crippen LogP contribution < -0.4 is 11.1 Å². The number of rotatable bonds is 6. The van der Waals surface area contributed by atoms with Crippen molar-refractivity contribution in [1.29, 1.82) is 0 Å². The number of nitrogens with one attached hydrogen (secondary N) is 1. The molecule has 21 heavy (non-hydrogen) atoms. The van der Waals surface area contributed by atoms with E-state index < -0.39 is 36.5 Å². The van der Waals surface area contributed by atoms with Crippen molar-refractivity contribution >= 4 is 17.8 Å². The number of amides is 1. The van der Waals surface area contributed by atoms with Crippen molar-refractivity contribution in [3.63, 3.8) is 0 Å². The Morgan fingerprint density at radius 3 is 2.33 bits per heavy atom. The number of ether oxygens (including phenoxy) is 1. The van der Waals surface area contributed by atoms with Crippen molar-refractivity contribution in [3.05, 3.63) is 35.4 Å². The number of aryl methyl sites for hydroxylation is 1. The Morgan fingerprint density at radius 1 is 1.29 bits per heavy atom. The summed E-state index contributed by atoms with van der Waals surface area (Å²) in [7, 11) is 0. The third-order valence-electron chi connectivity index (χ3n) is 2.70. The summed E-state index contributed by atoms with van der Waals surface area (Å²) in [5.41, 5.74) is 6.63. The van der Waals surface area contributed by atoms with Crippen molar-refractivity contribution in [3.8, 4) is 0 Å². The topological polar surface area (TPSA) is 119 Å². The van der Waals surface area contributed by atoms with Crippen molar-refractivity contribution in [2.75, 3.05) is 6.61 Å². The van der Waals surface area contributed by atoms with Gasteiger partial charge in [0.15, 0.2) is 6.04 Å². The Bertz CT molecular complexity index is 525. The van der Waals surface area contributed by atoms with E-state index in [4.69, 9.17) is 15.6 Å². The second-order valence-electron chi connectivity index (χ2n) is 4.65. The van der Waals surface area contributed by atoms with E-state index in [1.54, 1.807) is 24.3 Å². The maximum absolute atomic E-state index is 11.8. The number of carbonyl (C=O) groups excluding carboxylic acids is 2. The maximum Gasteiger partial charge on any atom is 0.338 e. The van der Waals surface area contributed by atoms with Crippen LogP contribution in [0.4, 0.5) is 0 Å². The molecule has 4 N–H and O–H groups in total. The van der Waals surface area contributed by atoms with Crippen molar-refractivity contribution in [1.82, 2.24) is 5.32 Å². The van der Waals surface area contributed by atoms with Gasteiger partial charge < -0.3 is 20.9 Å². The van der Waals surface area contributed by atoms with Gasteiger partial charge in [-0.2, -0.15) is 0 Å². The van der Waals surface area contributed by atoms with Gasteiger partial charge in [0.1, 0.15) is 6.61 Å². The molecule has 7 nitrogen and oxygen atoms in total. The van der Waals surface area contributed by atoms with Crippen molar-refractivity contribution < 1.29 is 24.2 Å². The number of benzene rings is 1. The van der Waals surface area contributed by atoms with Crippen LogP contribution in [-0.2, 0) is 14.3 Å². The Hall–Kier alpha value is -2.41. The predicted molar refractivity (Wildman–Crippen MR) is 74.7 cm³/mol. The number of carboxylic acid groups (broad SMARTS) is 1. The van der Waals surface area contributed by atoms with Gasteiger partial charge in [-0.1, -0.05) is 17.7 Å². The molecule has 0 saturated heterocycles. The molecular formula is C14H18N2O5. The number of nitrogens with two attached hydrogens (primary N) is 1. The Balaban J connectivity index is 2.61. The van der Waals surface area contributed by atoms with Gasteiger partial charge in [-0.3, -0.25) is 4.79 Å². The Labute approximate surface area is 122 Å². The number of hydrogen-bond donors (Lipinski definition) is 3. The summed E-state index contributed by atoms with van der Waals surface area (Å²) >= 11 is 0. The molecule has 0 radical (unpaired) electrons. The molecule has 1 amide bonds. The second kappa shape index (κ2) is 7.39. The molecule has 1 aromatic carbocycles. The minimum Gasteiger partial charge on any atom is -0.480 e. The highest BCUT2D eigenvalue weighted by Gasteiger charge is 2.23. The molecule has 0 aromatic heterocycles. The minimum atomic E-state index is -1.34. The van der Waals surface area contributed by atoms with Gasteiger partial charge in [0, 0.05) is 0 Å². The lowest BCUT2D eigenvalue weighted by Crippen LogP contribution is -2.49. The van der Waals surface area contributed by atoms with Crippen LogP contribution in [0, 0.1) is 6.92 Å². The fourth-order valence-electron chi connectivity index (χ4n) is 1.41. The van der Waals surface area contributed by atoms with Crippen LogP contribution in [0.1, 0.15) is 22.8 Å². The van der Waals surface area contributed by atoms with Gasteiger partial charge in [-0.25, -0.2) is 9.59 Å². The maximum atomic E-state index is 11.8. The molecule has 0 saturated carbocycles. The smallest absolute Gasteiger partial charge is 0.338 e. The Kier molecular flexibility index (Phi) is 5.86. The zero-order valence-corrected chi connectivity index (χ0v) is 11.8. The van der Waals surface area contributed by atoms with E-state index in [1.165, 1.54) is 6.92 Å². The molecule has 0 bridgehead atoms. The van der Waals surface area contributed by atoms with E-state index in [0.29, 0.717) is 5.56 Å². The summed E-state index contributed by atoms with van der Waals surface area (Å²) in [6.45, 7) is 2.83. The summed E-state index contributed by atoms with van der Waals surface area (Å²) in [5.74, 6) is -2.59. The molecule has 0 fully saturated rings. The van der Waals surface area contributed by atoms with Gasteiger partial charge in [-0.15, -0.1) is 0 Å². The number of carbonyl (C=O) groups is 3. The first kappa shape index (κ1) is 16.6. The SMILES string of the molecule is Cc1ccc(C(=O)OC[C@H](NC(=O)[C@@H](C)N)C(=O)O)cc1. The highest BCUT2D eigenvalue weighted by molar-refractivity contribution is 5.90. The fourth-order valence-corrected chi connectivity index (χ4v) is 1.41. The lowest BCUT2D eigenvalue weighted by molar-refractivity contribution is -0.143. The summed E-state index contributed by atoms with van der Waals surface area (Å²) in [6.07, 6.45) is 0. The lowest BCUT2D eigenvalue weighted by Gasteiger charge is -2.16. The van der Waals surface area contributed by atoms with Gasteiger partial charge in [0.25, 0.3) is 0 Å². The van der Waals surface area contributed by atoms with Gasteiger partial charge in [0.05, 0.1) is 11.6 Å². The van der Waals surface area contributed by atoms with E-state index in [-0.39, 0.29) is 0 Å². The van der Waals surface area contributed by atoms with E-state index in [2.05, 4.69) is 5.32 Å². The zero-order chi connectivity index (χ0) is 16.0. The number of esters is 1. The third-order valence-corrected chi connectivity index (χ3v) is 2.70. The molecule has 0 aliphatic rings. The van der Waals surface area contributed by atoms with Crippen LogP contribution in [0.5, 0.6) is 0 Å². The average molecular weight is 294 g/mol. The van der Waals surface area contributed by atoms with E-state index in [1.807, 2.05) is 6.92 Å². The van der Waals surface area contributed by atoms with E-state index in [9.17, 15) is 14.4 Å². The largest absolute Gasteiger partial charge is 0.480 e. The molecule has 0 aliphatic carbocycles. The highest BCUT2D eigenvalue weighted by Crippen LogP contribution is 2.05. The molecule has 7 heteroatoms. The van der Waals surface area contributed by atoms with Crippen molar-refractivity contribution in [2.45, 2.75) is 25.9 Å².